The summed E-state index contributed by atoms with van der Waals surface area (Å²) in [6.07, 6.45) is 0.944. The third-order valence-corrected chi connectivity index (χ3v) is 1.77. The zero-order valence-electron chi connectivity index (χ0n) is 8.96. The molecule has 0 unspecified atom stereocenters. The third kappa shape index (κ3) is 3.43. The maximum absolute atomic E-state index is 13.3. The molecule has 5 heteroatoms. The number of pyridine rings is 1. The molecule has 0 aromatic carbocycles. The molecule has 0 fully saturated rings. The van der Waals surface area contributed by atoms with E-state index in [9.17, 15) is 13.9 Å². The zero-order valence-corrected chi connectivity index (χ0v) is 8.96. The van der Waals surface area contributed by atoms with Gasteiger partial charge in [0.05, 0.1) is 11.8 Å². The molecule has 0 aliphatic rings. The van der Waals surface area contributed by atoms with E-state index in [0.29, 0.717) is 0 Å². The number of hydrogen-bond donors (Lipinski definition) is 1. The second-order valence-electron chi connectivity index (χ2n) is 4.13. The van der Waals surface area contributed by atoms with Gasteiger partial charge in [-0.3, -0.25) is 0 Å². The number of likely N-dealkylation sites (N-methyl/N-ethyl adjacent to an activating group) is 1. The Morgan fingerprint density at radius 2 is 2.07 bits per heavy atom. The number of halogens is 2. The van der Waals surface area contributed by atoms with Gasteiger partial charge in [-0.05, 0) is 13.8 Å². The van der Waals surface area contributed by atoms with Crippen LogP contribution in [0.25, 0.3) is 0 Å². The van der Waals surface area contributed by atoms with E-state index >= 15 is 0 Å². The molecule has 0 aliphatic carbocycles. The van der Waals surface area contributed by atoms with E-state index in [1.807, 2.05) is 0 Å². The molecule has 1 heterocycles. The minimum absolute atomic E-state index is 0.0264. The summed E-state index contributed by atoms with van der Waals surface area (Å²) in [4.78, 5) is 5.07. The van der Waals surface area contributed by atoms with E-state index in [0.717, 1.165) is 12.3 Å². The number of nitrogens with zero attached hydrogens (tertiary/aromatic N) is 2. The van der Waals surface area contributed by atoms with Crippen molar-refractivity contribution in [3.05, 3.63) is 23.9 Å². The van der Waals surface area contributed by atoms with E-state index in [1.54, 1.807) is 20.9 Å². The van der Waals surface area contributed by atoms with Crippen molar-refractivity contribution in [1.82, 2.24) is 4.98 Å². The molecule has 0 amide bonds. The van der Waals surface area contributed by atoms with Crippen molar-refractivity contribution in [2.24, 2.45) is 0 Å². The highest BCUT2D eigenvalue weighted by atomic mass is 19.1. The number of hydrogen-bond acceptors (Lipinski definition) is 3. The highest BCUT2D eigenvalue weighted by Gasteiger charge is 2.19. The predicted octanol–water partition coefficient (Wildman–Crippen LogP) is 1.57. The third-order valence-electron chi connectivity index (χ3n) is 1.77. The van der Waals surface area contributed by atoms with E-state index in [2.05, 4.69) is 4.98 Å². The van der Waals surface area contributed by atoms with E-state index in [1.165, 1.54) is 4.90 Å². The molecule has 0 aliphatic heterocycles. The molecule has 1 aromatic rings. The van der Waals surface area contributed by atoms with Gasteiger partial charge in [-0.15, -0.1) is 0 Å². The van der Waals surface area contributed by atoms with Gasteiger partial charge in [0, 0.05) is 19.7 Å². The maximum Gasteiger partial charge on any atom is 0.168 e. The average Bonchev–Trinajstić information content (AvgIpc) is 1.99. The summed E-state index contributed by atoms with van der Waals surface area (Å²) in [5, 5.41) is 9.53. The molecule has 0 saturated carbocycles. The lowest BCUT2D eigenvalue weighted by molar-refractivity contribution is 0.0883. The first-order valence-corrected chi connectivity index (χ1v) is 4.54. The highest BCUT2D eigenvalue weighted by Crippen LogP contribution is 2.17. The zero-order chi connectivity index (χ0) is 11.6. The van der Waals surface area contributed by atoms with Crippen LogP contribution in [-0.2, 0) is 0 Å². The molecule has 0 saturated heterocycles. The molecule has 3 nitrogen and oxygen atoms in total. The second-order valence-corrected chi connectivity index (χ2v) is 4.13. The van der Waals surface area contributed by atoms with Crippen molar-refractivity contribution >= 4 is 5.82 Å². The quantitative estimate of drug-likeness (QED) is 0.833. The second kappa shape index (κ2) is 4.10. The standard InChI is InChI=1S/C10H14F2N2O/c1-10(2,15)6-14(3)9-8(12)4-7(11)5-13-9/h4-5,15H,6H2,1-3H3. The van der Waals surface area contributed by atoms with Crippen LogP contribution >= 0.6 is 0 Å². The summed E-state index contributed by atoms with van der Waals surface area (Å²) in [5.41, 5.74) is -0.961. The van der Waals surface area contributed by atoms with Crippen LogP contribution in [-0.4, -0.2) is 29.3 Å². The Balaban J connectivity index is 2.87. The fourth-order valence-corrected chi connectivity index (χ4v) is 1.34. The molecular weight excluding hydrogens is 202 g/mol. The Labute approximate surface area is 87.4 Å². The van der Waals surface area contributed by atoms with Crippen molar-refractivity contribution in [3.8, 4) is 0 Å². The normalized spacial score (nSPS) is 11.6. The first kappa shape index (κ1) is 11.8. The average molecular weight is 216 g/mol. The summed E-state index contributed by atoms with van der Waals surface area (Å²) in [5.74, 6) is -1.42. The SMILES string of the molecule is CN(CC(C)(C)O)c1ncc(F)cc1F. The Hall–Kier alpha value is -1.23. The fourth-order valence-electron chi connectivity index (χ4n) is 1.34. The molecule has 0 spiro atoms. The van der Waals surface area contributed by atoms with Gasteiger partial charge in [-0.25, -0.2) is 13.8 Å². The first-order valence-electron chi connectivity index (χ1n) is 4.54. The Bertz CT molecular complexity index is 350. The molecule has 15 heavy (non-hydrogen) atoms. The summed E-state index contributed by atoms with van der Waals surface area (Å²) in [7, 11) is 1.58. The first-order chi connectivity index (χ1) is 6.79. The van der Waals surface area contributed by atoms with Crippen molar-refractivity contribution in [3.63, 3.8) is 0 Å². The van der Waals surface area contributed by atoms with Gasteiger partial charge in [0.2, 0.25) is 0 Å². The van der Waals surface area contributed by atoms with Gasteiger partial charge in [0.1, 0.15) is 5.82 Å². The van der Waals surface area contributed by atoms with Crippen LogP contribution in [0.3, 0.4) is 0 Å². The largest absolute Gasteiger partial charge is 0.389 e. The summed E-state index contributed by atoms with van der Waals surface area (Å²) >= 11 is 0. The molecular formula is C10H14F2N2O. The minimum Gasteiger partial charge on any atom is -0.389 e. The Morgan fingerprint density at radius 3 is 2.53 bits per heavy atom. The molecule has 1 rings (SSSR count). The van der Waals surface area contributed by atoms with Gasteiger partial charge < -0.3 is 10.0 Å². The Morgan fingerprint density at radius 1 is 1.47 bits per heavy atom. The van der Waals surface area contributed by atoms with Gasteiger partial charge in [-0.1, -0.05) is 0 Å². The topological polar surface area (TPSA) is 36.4 Å². The molecule has 0 atom stereocenters. The van der Waals surface area contributed by atoms with Crippen molar-refractivity contribution in [2.75, 3.05) is 18.5 Å². The van der Waals surface area contributed by atoms with E-state index in [4.69, 9.17) is 0 Å². The molecule has 1 N–H and O–H groups in total. The van der Waals surface area contributed by atoms with E-state index in [-0.39, 0.29) is 12.4 Å². The number of rotatable bonds is 3. The van der Waals surface area contributed by atoms with E-state index < -0.39 is 17.2 Å². The minimum atomic E-state index is -0.961. The monoisotopic (exact) mass is 216 g/mol. The highest BCUT2D eigenvalue weighted by molar-refractivity contribution is 5.39. The molecule has 84 valence electrons. The molecule has 1 aromatic heterocycles. The summed E-state index contributed by atoms with van der Waals surface area (Å²) in [6, 6.07) is 0.767. The van der Waals surface area contributed by atoms with Gasteiger partial charge in [-0.2, -0.15) is 0 Å². The number of anilines is 1. The van der Waals surface area contributed by atoms with Gasteiger partial charge in [0.25, 0.3) is 0 Å². The summed E-state index contributed by atoms with van der Waals surface area (Å²) < 4.78 is 25.8. The lowest BCUT2D eigenvalue weighted by Gasteiger charge is -2.26. The van der Waals surface area contributed by atoms with Crippen LogP contribution in [0.5, 0.6) is 0 Å². The summed E-state index contributed by atoms with van der Waals surface area (Å²) in [6.45, 7) is 3.42. The number of aliphatic hydroxyl groups is 1. The van der Waals surface area contributed by atoms with Crippen molar-refractivity contribution in [2.45, 2.75) is 19.4 Å². The Kier molecular flexibility index (Phi) is 3.24. The van der Waals surface area contributed by atoms with Crippen LogP contribution in [0.4, 0.5) is 14.6 Å². The predicted molar refractivity (Wildman–Crippen MR) is 53.7 cm³/mol. The van der Waals surface area contributed by atoms with Crippen LogP contribution < -0.4 is 4.90 Å². The van der Waals surface area contributed by atoms with Crippen LogP contribution in [0, 0.1) is 11.6 Å². The lowest BCUT2D eigenvalue weighted by atomic mass is 10.1. The van der Waals surface area contributed by atoms with Crippen LogP contribution in [0.15, 0.2) is 12.3 Å². The smallest absolute Gasteiger partial charge is 0.168 e. The lowest BCUT2D eigenvalue weighted by Crippen LogP contribution is -2.37. The van der Waals surface area contributed by atoms with Crippen LogP contribution in [0.1, 0.15) is 13.8 Å². The van der Waals surface area contributed by atoms with Gasteiger partial charge >= 0.3 is 0 Å². The number of aromatic nitrogens is 1. The van der Waals surface area contributed by atoms with Crippen LogP contribution in [0.2, 0.25) is 0 Å². The molecule has 0 bridgehead atoms. The van der Waals surface area contributed by atoms with Gasteiger partial charge in [0.15, 0.2) is 11.6 Å². The maximum atomic E-state index is 13.3. The molecule has 0 radical (unpaired) electrons. The van der Waals surface area contributed by atoms with Crippen molar-refractivity contribution in [1.29, 1.82) is 0 Å². The van der Waals surface area contributed by atoms with Crippen molar-refractivity contribution < 1.29 is 13.9 Å². The fraction of sp³-hybridized carbons (Fsp3) is 0.500.